The third-order valence-electron chi connectivity index (χ3n) is 5.15. The van der Waals surface area contributed by atoms with Crippen molar-refractivity contribution in [2.75, 3.05) is 19.6 Å². The lowest BCUT2D eigenvalue weighted by Gasteiger charge is -2.39. The summed E-state index contributed by atoms with van der Waals surface area (Å²) >= 11 is 0.494. The molecule has 2 aromatic rings. The average molecular weight is 431 g/mol. The van der Waals surface area contributed by atoms with E-state index in [1.807, 2.05) is 38.1 Å². The number of fused-ring (bicyclic) bond motifs is 1. The van der Waals surface area contributed by atoms with Crippen molar-refractivity contribution in [2.24, 2.45) is 0 Å². The van der Waals surface area contributed by atoms with Crippen LogP contribution < -0.4 is 4.74 Å². The summed E-state index contributed by atoms with van der Waals surface area (Å²) in [4.78, 5) is 17.4. The standard InChI is InChI=1S/C23H24F2N2O2S/c1-23(2)13-19(18-12-17(30-22(24)25)8-9-20(18)29-23)27-11-10-26(15-21(27)28)14-16-6-4-3-5-7-16/h3-9,12-13,22H,10-11,14-15H2,1-2H3. The molecule has 2 heterocycles. The van der Waals surface area contributed by atoms with Gasteiger partial charge >= 0.3 is 0 Å². The summed E-state index contributed by atoms with van der Waals surface area (Å²) in [6.45, 7) is 6.16. The average Bonchev–Trinajstić information content (AvgIpc) is 2.68. The number of carbonyl (C=O) groups excluding carboxylic acids is 1. The van der Waals surface area contributed by atoms with Gasteiger partial charge in [0.1, 0.15) is 11.4 Å². The summed E-state index contributed by atoms with van der Waals surface area (Å²) < 4.78 is 31.7. The lowest BCUT2D eigenvalue weighted by Crippen LogP contribution is -2.49. The van der Waals surface area contributed by atoms with Crippen LogP contribution in [0.1, 0.15) is 25.0 Å². The number of halogens is 2. The highest BCUT2D eigenvalue weighted by atomic mass is 32.2. The number of hydrogen-bond donors (Lipinski definition) is 0. The maximum atomic E-state index is 13.1. The van der Waals surface area contributed by atoms with Gasteiger partial charge in [0, 0.05) is 30.1 Å². The summed E-state index contributed by atoms with van der Waals surface area (Å²) in [6, 6.07) is 15.1. The van der Waals surface area contributed by atoms with E-state index in [2.05, 4.69) is 17.0 Å². The van der Waals surface area contributed by atoms with E-state index in [0.717, 1.165) is 18.8 Å². The molecule has 4 nitrogen and oxygen atoms in total. The normalized spacial score (nSPS) is 18.8. The first kappa shape index (κ1) is 20.9. The van der Waals surface area contributed by atoms with Crippen molar-refractivity contribution in [1.82, 2.24) is 9.80 Å². The third kappa shape index (κ3) is 4.68. The lowest BCUT2D eigenvalue weighted by atomic mass is 9.97. The zero-order valence-corrected chi connectivity index (χ0v) is 17.8. The summed E-state index contributed by atoms with van der Waals surface area (Å²) in [5, 5.41) is 0. The molecule has 0 bridgehead atoms. The smallest absolute Gasteiger partial charge is 0.288 e. The van der Waals surface area contributed by atoms with Crippen molar-refractivity contribution < 1.29 is 18.3 Å². The SMILES string of the molecule is CC1(C)C=C(N2CCN(Cc3ccccc3)CC2=O)c2cc(SC(F)F)ccc2O1. The molecule has 158 valence electrons. The second-order valence-corrected chi connectivity index (χ2v) is 9.08. The summed E-state index contributed by atoms with van der Waals surface area (Å²) in [5.74, 6) is -1.89. The number of alkyl halides is 2. The molecule has 7 heteroatoms. The second kappa shape index (κ2) is 8.40. The quantitative estimate of drug-likeness (QED) is 0.635. The van der Waals surface area contributed by atoms with Crippen LogP contribution in [0.15, 0.2) is 59.5 Å². The Balaban J connectivity index is 1.57. The van der Waals surface area contributed by atoms with Gasteiger partial charge in [-0.05, 0) is 43.7 Å². The van der Waals surface area contributed by atoms with E-state index in [4.69, 9.17) is 4.74 Å². The molecule has 1 saturated heterocycles. The van der Waals surface area contributed by atoms with E-state index in [1.165, 1.54) is 5.56 Å². The minimum Gasteiger partial charge on any atom is -0.483 e. The summed E-state index contributed by atoms with van der Waals surface area (Å²) in [5.41, 5.74) is 2.00. The van der Waals surface area contributed by atoms with Crippen molar-refractivity contribution in [3.05, 3.63) is 65.7 Å². The summed E-state index contributed by atoms with van der Waals surface area (Å²) in [6.07, 6.45) is 1.91. The molecule has 0 atom stereocenters. The van der Waals surface area contributed by atoms with Gasteiger partial charge in [-0.3, -0.25) is 9.69 Å². The molecule has 0 aromatic heterocycles. The van der Waals surface area contributed by atoms with Gasteiger partial charge in [0.05, 0.1) is 12.2 Å². The molecule has 30 heavy (non-hydrogen) atoms. The Hall–Kier alpha value is -2.38. The van der Waals surface area contributed by atoms with Crippen LogP contribution in [0, 0.1) is 0 Å². The summed E-state index contributed by atoms with van der Waals surface area (Å²) in [7, 11) is 0. The lowest BCUT2D eigenvalue weighted by molar-refractivity contribution is -0.132. The van der Waals surface area contributed by atoms with Gasteiger partial charge in [-0.2, -0.15) is 8.78 Å². The Morgan fingerprint density at radius 3 is 2.60 bits per heavy atom. The molecule has 0 unspecified atom stereocenters. The van der Waals surface area contributed by atoms with E-state index in [9.17, 15) is 13.6 Å². The number of benzene rings is 2. The molecular weight excluding hydrogens is 406 g/mol. The first-order valence-corrected chi connectivity index (χ1v) is 10.8. The van der Waals surface area contributed by atoms with Gasteiger partial charge in [-0.1, -0.05) is 42.1 Å². The minimum atomic E-state index is -2.50. The van der Waals surface area contributed by atoms with Crippen LogP contribution in [0.3, 0.4) is 0 Å². The molecule has 2 aliphatic heterocycles. The maximum Gasteiger partial charge on any atom is 0.288 e. The molecule has 0 aliphatic carbocycles. The van der Waals surface area contributed by atoms with Crippen molar-refractivity contribution in [2.45, 2.75) is 36.6 Å². The molecule has 0 radical (unpaired) electrons. The van der Waals surface area contributed by atoms with E-state index in [0.29, 0.717) is 41.1 Å². The number of ether oxygens (including phenoxy) is 1. The molecular formula is C23H24F2N2O2S. The predicted molar refractivity (Wildman–Crippen MR) is 114 cm³/mol. The van der Waals surface area contributed by atoms with Gasteiger partial charge in [-0.15, -0.1) is 0 Å². The number of rotatable bonds is 5. The number of thioether (sulfide) groups is 1. The zero-order valence-electron chi connectivity index (χ0n) is 17.0. The van der Waals surface area contributed by atoms with Crippen LogP contribution in [0.4, 0.5) is 8.78 Å². The number of amides is 1. The van der Waals surface area contributed by atoms with Crippen LogP contribution >= 0.6 is 11.8 Å². The van der Waals surface area contributed by atoms with E-state index in [1.54, 1.807) is 23.1 Å². The van der Waals surface area contributed by atoms with Gasteiger partial charge in [0.2, 0.25) is 5.91 Å². The van der Waals surface area contributed by atoms with Crippen LogP contribution in [0.5, 0.6) is 5.75 Å². The molecule has 1 amide bonds. The predicted octanol–water partition coefficient (Wildman–Crippen LogP) is 4.86. The molecule has 2 aliphatic rings. The fraction of sp³-hybridized carbons (Fsp3) is 0.348. The molecule has 0 N–H and O–H groups in total. The minimum absolute atomic E-state index is 0.000929. The largest absolute Gasteiger partial charge is 0.483 e. The Morgan fingerprint density at radius 1 is 1.13 bits per heavy atom. The highest BCUT2D eigenvalue weighted by molar-refractivity contribution is 7.99. The van der Waals surface area contributed by atoms with Crippen molar-refractivity contribution in [3.63, 3.8) is 0 Å². The van der Waals surface area contributed by atoms with E-state index < -0.39 is 11.4 Å². The zero-order chi connectivity index (χ0) is 21.3. The maximum absolute atomic E-state index is 13.1. The van der Waals surface area contributed by atoms with Gasteiger partial charge in [0.15, 0.2) is 0 Å². The molecule has 2 aromatic carbocycles. The fourth-order valence-corrected chi connectivity index (χ4v) is 4.41. The van der Waals surface area contributed by atoms with Gasteiger partial charge in [0.25, 0.3) is 5.76 Å². The molecule has 4 rings (SSSR count). The Bertz CT molecular complexity index is 963. The first-order chi connectivity index (χ1) is 14.3. The number of carbonyl (C=O) groups is 1. The van der Waals surface area contributed by atoms with Crippen LogP contribution in [0.25, 0.3) is 5.70 Å². The van der Waals surface area contributed by atoms with E-state index >= 15 is 0 Å². The Kier molecular flexibility index (Phi) is 5.84. The second-order valence-electron chi connectivity index (χ2n) is 8.01. The third-order valence-corrected chi connectivity index (χ3v) is 5.85. The van der Waals surface area contributed by atoms with Crippen molar-refractivity contribution in [3.8, 4) is 5.75 Å². The van der Waals surface area contributed by atoms with Crippen LogP contribution in [-0.2, 0) is 11.3 Å². The fourth-order valence-electron chi connectivity index (χ4n) is 3.87. The monoisotopic (exact) mass is 430 g/mol. The Morgan fingerprint density at radius 2 is 1.90 bits per heavy atom. The highest BCUT2D eigenvalue weighted by Gasteiger charge is 2.34. The Labute approximate surface area is 179 Å². The van der Waals surface area contributed by atoms with Crippen LogP contribution in [0.2, 0.25) is 0 Å². The number of nitrogens with zero attached hydrogens (tertiary/aromatic N) is 2. The van der Waals surface area contributed by atoms with Crippen LogP contribution in [-0.4, -0.2) is 46.7 Å². The van der Waals surface area contributed by atoms with E-state index in [-0.39, 0.29) is 5.91 Å². The van der Waals surface area contributed by atoms with Crippen molar-refractivity contribution >= 4 is 23.4 Å². The number of hydrogen-bond acceptors (Lipinski definition) is 4. The first-order valence-electron chi connectivity index (χ1n) is 9.88. The molecule has 0 spiro atoms. The van der Waals surface area contributed by atoms with Gasteiger partial charge < -0.3 is 9.64 Å². The topological polar surface area (TPSA) is 32.8 Å². The highest BCUT2D eigenvalue weighted by Crippen LogP contribution is 2.41. The van der Waals surface area contributed by atoms with Gasteiger partial charge in [-0.25, -0.2) is 0 Å². The number of piperazine rings is 1. The molecule has 0 saturated carbocycles. The van der Waals surface area contributed by atoms with Crippen molar-refractivity contribution in [1.29, 1.82) is 0 Å². The molecule has 1 fully saturated rings.